The van der Waals surface area contributed by atoms with Crippen LogP contribution in [-0.4, -0.2) is 5.88 Å². The van der Waals surface area contributed by atoms with Crippen molar-refractivity contribution in [2.75, 3.05) is 5.88 Å². The van der Waals surface area contributed by atoms with Crippen LogP contribution in [0.5, 0.6) is 0 Å². The minimum absolute atomic E-state index is 0.0349. The summed E-state index contributed by atoms with van der Waals surface area (Å²) < 4.78 is 0. The zero-order valence-corrected chi connectivity index (χ0v) is 8.23. The van der Waals surface area contributed by atoms with Crippen LogP contribution in [0.4, 0.5) is 0 Å². The largest absolute Gasteiger partial charge is 0.323 e. The SMILES string of the molecule is Cc1ccc(C(N)CCl)c(C)c1. The van der Waals surface area contributed by atoms with Gasteiger partial charge >= 0.3 is 0 Å². The zero-order valence-electron chi connectivity index (χ0n) is 7.47. The van der Waals surface area contributed by atoms with Crippen LogP contribution < -0.4 is 5.73 Å². The molecule has 0 aliphatic carbocycles. The summed E-state index contributed by atoms with van der Waals surface area (Å²) in [6, 6.07) is 6.21. The second-order valence-electron chi connectivity index (χ2n) is 3.12. The molecular weight excluding hydrogens is 170 g/mol. The van der Waals surface area contributed by atoms with Crippen molar-refractivity contribution < 1.29 is 0 Å². The Morgan fingerprint density at radius 3 is 2.58 bits per heavy atom. The topological polar surface area (TPSA) is 26.0 Å². The first-order chi connectivity index (χ1) is 5.65. The Labute approximate surface area is 78.5 Å². The second kappa shape index (κ2) is 3.92. The third-order valence-corrected chi connectivity index (χ3v) is 2.32. The molecule has 0 aliphatic heterocycles. The van der Waals surface area contributed by atoms with Gasteiger partial charge in [-0.15, -0.1) is 11.6 Å². The van der Waals surface area contributed by atoms with E-state index in [0.29, 0.717) is 5.88 Å². The minimum Gasteiger partial charge on any atom is -0.323 e. The van der Waals surface area contributed by atoms with E-state index in [0.717, 1.165) is 5.56 Å². The quantitative estimate of drug-likeness (QED) is 0.701. The molecular formula is C10H14ClN. The third kappa shape index (κ3) is 1.99. The average molecular weight is 184 g/mol. The molecule has 0 bridgehead atoms. The van der Waals surface area contributed by atoms with Crippen molar-refractivity contribution in [3.8, 4) is 0 Å². The van der Waals surface area contributed by atoms with Gasteiger partial charge in [-0.05, 0) is 25.0 Å². The van der Waals surface area contributed by atoms with Crippen molar-refractivity contribution in [3.63, 3.8) is 0 Å². The molecule has 0 radical (unpaired) electrons. The van der Waals surface area contributed by atoms with E-state index in [9.17, 15) is 0 Å². The summed E-state index contributed by atoms with van der Waals surface area (Å²) in [4.78, 5) is 0. The Hall–Kier alpha value is -0.530. The molecule has 1 unspecified atom stereocenters. The molecule has 0 amide bonds. The molecule has 2 N–H and O–H groups in total. The fourth-order valence-electron chi connectivity index (χ4n) is 1.32. The summed E-state index contributed by atoms with van der Waals surface area (Å²) in [6.45, 7) is 4.14. The van der Waals surface area contributed by atoms with E-state index >= 15 is 0 Å². The fraction of sp³-hybridized carbons (Fsp3) is 0.400. The molecule has 2 heteroatoms. The van der Waals surface area contributed by atoms with Gasteiger partial charge in [-0.2, -0.15) is 0 Å². The number of rotatable bonds is 2. The van der Waals surface area contributed by atoms with Gasteiger partial charge in [0.05, 0.1) is 0 Å². The Morgan fingerprint density at radius 2 is 2.08 bits per heavy atom. The lowest BCUT2D eigenvalue weighted by atomic mass is 10.0. The highest BCUT2D eigenvalue weighted by Crippen LogP contribution is 2.17. The lowest BCUT2D eigenvalue weighted by Gasteiger charge is -2.11. The maximum atomic E-state index is 5.81. The Balaban J connectivity index is 3.01. The van der Waals surface area contributed by atoms with Gasteiger partial charge in [0, 0.05) is 11.9 Å². The van der Waals surface area contributed by atoms with Crippen LogP contribution in [0.15, 0.2) is 18.2 Å². The summed E-state index contributed by atoms with van der Waals surface area (Å²) in [5.41, 5.74) is 9.45. The van der Waals surface area contributed by atoms with Gasteiger partial charge < -0.3 is 5.73 Å². The normalized spacial score (nSPS) is 13.0. The summed E-state index contributed by atoms with van der Waals surface area (Å²) in [6.07, 6.45) is 0. The second-order valence-corrected chi connectivity index (χ2v) is 3.43. The predicted molar refractivity (Wildman–Crippen MR) is 53.6 cm³/mol. The van der Waals surface area contributed by atoms with Crippen LogP contribution in [0.1, 0.15) is 22.7 Å². The molecule has 0 saturated heterocycles. The molecule has 66 valence electrons. The highest BCUT2D eigenvalue weighted by atomic mass is 35.5. The van der Waals surface area contributed by atoms with Crippen LogP contribution in [-0.2, 0) is 0 Å². The van der Waals surface area contributed by atoms with Gasteiger partial charge in [0.25, 0.3) is 0 Å². The number of hydrogen-bond donors (Lipinski definition) is 1. The summed E-state index contributed by atoms with van der Waals surface area (Å²) in [5, 5.41) is 0. The van der Waals surface area contributed by atoms with E-state index < -0.39 is 0 Å². The molecule has 1 aromatic rings. The van der Waals surface area contributed by atoms with Gasteiger partial charge in [-0.3, -0.25) is 0 Å². The highest BCUT2D eigenvalue weighted by molar-refractivity contribution is 6.18. The number of benzene rings is 1. The van der Waals surface area contributed by atoms with Crippen molar-refractivity contribution in [1.82, 2.24) is 0 Å². The number of aryl methyl sites for hydroxylation is 2. The van der Waals surface area contributed by atoms with E-state index in [-0.39, 0.29) is 6.04 Å². The molecule has 1 atom stereocenters. The molecule has 0 aliphatic rings. The third-order valence-electron chi connectivity index (χ3n) is 1.99. The van der Waals surface area contributed by atoms with E-state index in [1.54, 1.807) is 0 Å². The van der Waals surface area contributed by atoms with Crippen LogP contribution in [0.3, 0.4) is 0 Å². The molecule has 0 spiro atoms. The summed E-state index contributed by atoms with van der Waals surface area (Å²) >= 11 is 5.67. The number of nitrogens with two attached hydrogens (primary N) is 1. The van der Waals surface area contributed by atoms with Crippen molar-refractivity contribution in [1.29, 1.82) is 0 Å². The van der Waals surface area contributed by atoms with Gasteiger partial charge in [0.1, 0.15) is 0 Å². The van der Waals surface area contributed by atoms with Gasteiger partial charge in [0.15, 0.2) is 0 Å². The van der Waals surface area contributed by atoms with Crippen LogP contribution in [0, 0.1) is 13.8 Å². The molecule has 0 fully saturated rings. The minimum atomic E-state index is -0.0349. The first kappa shape index (κ1) is 9.56. The lowest BCUT2D eigenvalue weighted by molar-refractivity contribution is 0.817. The molecule has 1 nitrogen and oxygen atoms in total. The smallest absolute Gasteiger partial charge is 0.0435 e. The predicted octanol–water partition coefficient (Wildman–Crippen LogP) is 2.54. The van der Waals surface area contributed by atoms with E-state index in [1.807, 2.05) is 0 Å². The van der Waals surface area contributed by atoms with Crippen LogP contribution in [0.25, 0.3) is 0 Å². The lowest BCUT2D eigenvalue weighted by Crippen LogP contribution is -2.12. The molecule has 12 heavy (non-hydrogen) atoms. The van der Waals surface area contributed by atoms with Crippen molar-refractivity contribution in [3.05, 3.63) is 34.9 Å². The zero-order chi connectivity index (χ0) is 9.14. The van der Waals surface area contributed by atoms with Gasteiger partial charge in [0.2, 0.25) is 0 Å². The van der Waals surface area contributed by atoms with Crippen molar-refractivity contribution in [2.45, 2.75) is 19.9 Å². The van der Waals surface area contributed by atoms with Crippen molar-refractivity contribution >= 4 is 11.6 Å². The fourth-order valence-corrected chi connectivity index (χ4v) is 1.49. The van der Waals surface area contributed by atoms with E-state index in [2.05, 4.69) is 32.0 Å². The van der Waals surface area contributed by atoms with Crippen molar-refractivity contribution in [2.24, 2.45) is 5.73 Å². The highest BCUT2D eigenvalue weighted by Gasteiger charge is 2.06. The average Bonchev–Trinajstić information content (AvgIpc) is 2.03. The Bertz CT molecular complexity index is 271. The van der Waals surface area contributed by atoms with Gasteiger partial charge in [-0.1, -0.05) is 23.8 Å². The number of hydrogen-bond acceptors (Lipinski definition) is 1. The van der Waals surface area contributed by atoms with Crippen LogP contribution >= 0.6 is 11.6 Å². The molecule has 0 aromatic heterocycles. The maximum absolute atomic E-state index is 5.81. The first-order valence-corrected chi connectivity index (χ1v) is 4.57. The molecule has 0 saturated carbocycles. The monoisotopic (exact) mass is 183 g/mol. The van der Waals surface area contributed by atoms with Gasteiger partial charge in [-0.25, -0.2) is 0 Å². The number of halogens is 1. The van der Waals surface area contributed by atoms with E-state index in [1.165, 1.54) is 11.1 Å². The molecule has 1 rings (SSSR count). The first-order valence-electron chi connectivity index (χ1n) is 4.04. The Morgan fingerprint density at radius 1 is 1.42 bits per heavy atom. The summed E-state index contributed by atoms with van der Waals surface area (Å²) in [5.74, 6) is 0.476. The van der Waals surface area contributed by atoms with Crippen LogP contribution in [0.2, 0.25) is 0 Å². The maximum Gasteiger partial charge on any atom is 0.0435 e. The van der Waals surface area contributed by atoms with E-state index in [4.69, 9.17) is 17.3 Å². The number of alkyl halides is 1. The molecule has 1 aromatic carbocycles. The molecule has 0 heterocycles. The standard InChI is InChI=1S/C10H14ClN/c1-7-3-4-9(8(2)5-7)10(12)6-11/h3-5,10H,6,12H2,1-2H3. The Kier molecular flexibility index (Phi) is 3.12. The summed E-state index contributed by atoms with van der Waals surface area (Å²) in [7, 11) is 0.